The van der Waals surface area contributed by atoms with Crippen molar-refractivity contribution in [2.45, 2.75) is 18.9 Å². The van der Waals surface area contributed by atoms with Crippen LogP contribution in [0.25, 0.3) is 11.5 Å². The molecule has 1 aliphatic rings. The molecule has 1 fully saturated rings. The molecule has 0 N–H and O–H groups in total. The number of amides is 1. The highest BCUT2D eigenvalue weighted by Crippen LogP contribution is 2.29. The normalized spacial score (nSPS) is 16.4. The number of halogens is 2. The predicted octanol–water partition coefficient (Wildman–Crippen LogP) is 3.40. The molecule has 0 aliphatic carbocycles. The molecule has 0 bridgehead atoms. The van der Waals surface area contributed by atoms with Gasteiger partial charge in [0.1, 0.15) is 11.6 Å². The maximum Gasteiger partial charge on any atom is 0.257 e. The van der Waals surface area contributed by atoms with Crippen LogP contribution in [0.5, 0.6) is 0 Å². The summed E-state index contributed by atoms with van der Waals surface area (Å²) in [4.78, 5) is 18.2. The smallest absolute Gasteiger partial charge is 0.257 e. The predicted molar refractivity (Wildman–Crippen MR) is 93.6 cm³/mol. The van der Waals surface area contributed by atoms with E-state index in [-0.39, 0.29) is 30.4 Å². The summed E-state index contributed by atoms with van der Waals surface area (Å²) in [5.41, 5.74) is 1.45. The lowest BCUT2D eigenvalue weighted by molar-refractivity contribution is -0.128. The van der Waals surface area contributed by atoms with E-state index in [1.165, 1.54) is 17.0 Å². The average Bonchev–Trinajstić information content (AvgIpc) is 3.31. The van der Waals surface area contributed by atoms with Crippen molar-refractivity contribution in [2.24, 2.45) is 0 Å². The van der Waals surface area contributed by atoms with E-state index in [2.05, 4.69) is 10.1 Å². The molecule has 1 atom stereocenters. The summed E-state index contributed by atoms with van der Waals surface area (Å²) in [6, 6.07) is 12.1. The van der Waals surface area contributed by atoms with Crippen molar-refractivity contribution in [3.63, 3.8) is 0 Å². The first-order valence-electron chi connectivity index (χ1n) is 8.59. The van der Waals surface area contributed by atoms with Gasteiger partial charge in [-0.15, -0.1) is 0 Å². The van der Waals surface area contributed by atoms with Crippen LogP contribution in [-0.4, -0.2) is 27.5 Å². The molecule has 4 rings (SSSR count). The van der Waals surface area contributed by atoms with E-state index in [0.29, 0.717) is 29.4 Å². The highest BCUT2D eigenvalue weighted by atomic mass is 19.1. The Labute approximate surface area is 159 Å². The second-order valence-electron chi connectivity index (χ2n) is 6.56. The summed E-state index contributed by atoms with van der Waals surface area (Å²) in [5, 5.41) is 12.8. The maximum atomic E-state index is 13.9. The summed E-state index contributed by atoms with van der Waals surface area (Å²) < 4.78 is 32.2. The molecule has 0 saturated carbocycles. The van der Waals surface area contributed by atoms with Crippen molar-refractivity contribution < 1.29 is 18.1 Å². The number of carbonyl (C=O) groups is 1. The molecule has 1 unspecified atom stereocenters. The molecule has 1 saturated heterocycles. The van der Waals surface area contributed by atoms with Crippen LogP contribution in [-0.2, 0) is 11.3 Å². The minimum atomic E-state index is -0.682. The summed E-state index contributed by atoms with van der Waals surface area (Å²) in [5.74, 6) is -1.07. The van der Waals surface area contributed by atoms with E-state index < -0.39 is 11.6 Å². The first-order chi connectivity index (χ1) is 13.5. The van der Waals surface area contributed by atoms with E-state index in [4.69, 9.17) is 9.78 Å². The molecular weight excluding hydrogens is 366 g/mol. The zero-order chi connectivity index (χ0) is 19.7. The number of nitrogens with zero attached hydrogens (tertiary/aromatic N) is 4. The van der Waals surface area contributed by atoms with Crippen LogP contribution in [0, 0.1) is 23.0 Å². The van der Waals surface area contributed by atoms with Crippen LogP contribution in [0.3, 0.4) is 0 Å². The third-order valence-electron chi connectivity index (χ3n) is 4.66. The fraction of sp³-hybridized carbons (Fsp3) is 0.200. The molecule has 1 aliphatic heterocycles. The molecule has 0 radical (unpaired) electrons. The van der Waals surface area contributed by atoms with Crippen molar-refractivity contribution in [2.75, 3.05) is 6.54 Å². The summed E-state index contributed by atoms with van der Waals surface area (Å²) >= 11 is 0. The Morgan fingerprint density at radius 3 is 2.71 bits per heavy atom. The van der Waals surface area contributed by atoms with Gasteiger partial charge in [0.25, 0.3) is 5.89 Å². The van der Waals surface area contributed by atoms with Crippen LogP contribution in [0.1, 0.15) is 29.3 Å². The number of hydrogen-bond donors (Lipinski definition) is 0. The second-order valence-corrected chi connectivity index (χ2v) is 6.56. The number of carbonyl (C=O) groups excluding carboxylic acids is 1. The zero-order valence-electron chi connectivity index (χ0n) is 14.6. The molecule has 6 nitrogen and oxygen atoms in total. The van der Waals surface area contributed by atoms with Gasteiger partial charge in [0.15, 0.2) is 5.82 Å². The van der Waals surface area contributed by atoms with E-state index >= 15 is 0 Å². The number of likely N-dealkylation sites (tertiary alicyclic amines) is 1. The van der Waals surface area contributed by atoms with Crippen LogP contribution in [0.4, 0.5) is 8.78 Å². The molecular formula is C20H14F2N4O2. The quantitative estimate of drug-likeness (QED) is 0.693. The summed E-state index contributed by atoms with van der Waals surface area (Å²) in [6.07, 6.45) is 0.190. The van der Waals surface area contributed by atoms with Gasteiger partial charge in [0.2, 0.25) is 5.91 Å². The monoisotopic (exact) mass is 380 g/mol. The van der Waals surface area contributed by atoms with E-state index in [1.807, 2.05) is 6.07 Å². The van der Waals surface area contributed by atoms with Crippen LogP contribution in [0.15, 0.2) is 47.0 Å². The van der Waals surface area contributed by atoms with Gasteiger partial charge in [0, 0.05) is 42.6 Å². The van der Waals surface area contributed by atoms with Crippen molar-refractivity contribution in [1.82, 2.24) is 15.0 Å². The number of rotatable bonds is 4. The van der Waals surface area contributed by atoms with Gasteiger partial charge >= 0.3 is 0 Å². The summed E-state index contributed by atoms with van der Waals surface area (Å²) in [6.45, 7) is 0.379. The van der Waals surface area contributed by atoms with E-state index in [9.17, 15) is 13.6 Å². The van der Waals surface area contributed by atoms with E-state index in [1.54, 1.807) is 24.3 Å². The van der Waals surface area contributed by atoms with Gasteiger partial charge < -0.3 is 9.42 Å². The third kappa shape index (κ3) is 3.47. The van der Waals surface area contributed by atoms with Gasteiger partial charge in [0.05, 0.1) is 11.6 Å². The molecule has 140 valence electrons. The Bertz CT molecular complexity index is 1070. The highest BCUT2D eigenvalue weighted by Gasteiger charge is 2.34. The Balaban J connectivity index is 1.48. The Hall–Kier alpha value is -3.60. The van der Waals surface area contributed by atoms with Gasteiger partial charge in [-0.05, 0) is 30.3 Å². The fourth-order valence-electron chi connectivity index (χ4n) is 3.16. The van der Waals surface area contributed by atoms with Crippen LogP contribution < -0.4 is 0 Å². The number of hydrogen-bond acceptors (Lipinski definition) is 5. The van der Waals surface area contributed by atoms with Crippen molar-refractivity contribution in [1.29, 1.82) is 5.26 Å². The fourth-order valence-corrected chi connectivity index (χ4v) is 3.16. The molecule has 3 aromatic rings. The first kappa shape index (κ1) is 17.8. The van der Waals surface area contributed by atoms with Crippen molar-refractivity contribution in [3.8, 4) is 17.5 Å². The standard InChI is InChI=1S/C20H14F2N4O2/c21-16-6-5-14(17(22)8-16)10-26-11-15(7-18(26)27)19-24-20(28-25-19)13-3-1-12(9-23)2-4-13/h1-6,8,15H,7,10-11H2. The van der Waals surface area contributed by atoms with Gasteiger partial charge in [-0.25, -0.2) is 8.78 Å². The van der Waals surface area contributed by atoms with Crippen LogP contribution in [0.2, 0.25) is 0 Å². The lowest BCUT2D eigenvalue weighted by Gasteiger charge is -2.16. The van der Waals surface area contributed by atoms with Gasteiger partial charge in [-0.3, -0.25) is 4.79 Å². The van der Waals surface area contributed by atoms with Crippen molar-refractivity contribution in [3.05, 3.63) is 71.1 Å². The van der Waals surface area contributed by atoms with Crippen molar-refractivity contribution >= 4 is 5.91 Å². The second kappa shape index (κ2) is 7.19. The minimum absolute atomic E-state index is 0.0573. The molecule has 2 heterocycles. The number of benzene rings is 2. The lowest BCUT2D eigenvalue weighted by Crippen LogP contribution is -2.25. The molecule has 1 amide bonds. The highest BCUT2D eigenvalue weighted by molar-refractivity contribution is 5.79. The Kier molecular flexibility index (Phi) is 4.57. The average molecular weight is 380 g/mol. The number of aromatic nitrogens is 2. The Morgan fingerprint density at radius 2 is 2.00 bits per heavy atom. The van der Waals surface area contributed by atoms with Crippen LogP contribution >= 0.6 is 0 Å². The minimum Gasteiger partial charge on any atom is -0.337 e. The maximum absolute atomic E-state index is 13.9. The summed E-state index contributed by atoms with van der Waals surface area (Å²) in [7, 11) is 0. The lowest BCUT2D eigenvalue weighted by atomic mass is 10.1. The topological polar surface area (TPSA) is 83.0 Å². The zero-order valence-corrected chi connectivity index (χ0v) is 14.6. The third-order valence-corrected chi connectivity index (χ3v) is 4.66. The first-order valence-corrected chi connectivity index (χ1v) is 8.59. The SMILES string of the molecule is N#Cc1ccc(-c2nc(C3CC(=O)N(Cc4ccc(F)cc4F)C3)no2)cc1. The van der Waals surface area contributed by atoms with E-state index in [0.717, 1.165) is 6.07 Å². The molecule has 0 spiro atoms. The number of nitriles is 1. The van der Waals surface area contributed by atoms with Gasteiger partial charge in [-0.2, -0.15) is 10.2 Å². The largest absolute Gasteiger partial charge is 0.337 e. The molecule has 8 heteroatoms. The Morgan fingerprint density at radius 1 is 1.21 bits per heavy atom. The van der Waals surface area contributed by atoms with Gasteiger partial charge in [-0.1, -0.05) is 11.2 Å². The molecule has 1 aromatic heterocycles. The molecule has 28 heavy (non-hydrogen) atoms. The molecule has 2 aromatic carbocycles.